The molecule has 0 unspecified atom stereocenters. The molecule has 2 N–H and O–H groups in total. The van der Waals surface area contributed by atoms with E-state index in [9.17, 15) is 9.59 Å². The Kier molecular flexibility index (Phi) is 4.26. The van der Waals surface area contributed by atoms with Crippen molar-refractivity contribution in [2.75, 3.05) is 12.4 Å². The topological polar surface area (TPSA) is 74.6 Å². The van der Waals surface area contributed by atoms with Crippen molar-refractivity contribution in [2.45, 2.75) is 13.8 Å². The average Bonchev–Trinajstić information content (AvgIpc) is 1.99. The maximum absolute atomic E-state index is 11.1. The molecule has 0 heterocycles. The number of carbonyl (C=O) groups is 2. The van der Waals surface area contributed by atoms with Gasteiger partial charge in [0.25, 0.3) is 0 Å². The lowest BCUT2D eigenvalue weighted by Crippen LogP contribution is -2.31. The zero-order valence-electron chi connectivity index (χ0n) is 7.03. The second-order valence-corrected chi connectivity index (χ2v) is 3.86. The molecule has 70 valence electrons. The first-order chi connectivity index (χ1) is 5.42. The van der Waals surface area contributed by atoms with Crippen molar-refractivity contribution in [1.29, 1.82) is 0 Å². The normalized spacial score (nSPS) is 11.2. The zero-order valence-corrected chi connectivity index (χ0v) is 7.85. The van der Waals surface area contributed by atoms with Crippen LogP contribution in [0.1, 0.15) is 13.8 Å². The van der Waals surface area contributed by atoms with Crippen LogP contribution in [-0.2, 0) is 9.59 Å². The number of hydrogen-bond donors (Lipinski definition) is 2. The minimum absolute atomic E-state index is 0.119. The monoisotopic (exact) mass is 192 g/mol. The minimum atomic E-state index is -1.36. The van der Waals surface area contributed by atoms with Gasteiger partial charge in [-0.05, 0) is 13.8 Å². The summed E-state index contributed by atoms with van der Waals surface area (Å²) in [6.45, 7) is 2.58. The maximum Gasteiger partial charge on any atom is 0.317 e. The highest BCUT2D eigenvalue weighted by Crippen LogP contribution is 2.23. The molecule has 0 radical (unpaired) electrons. The third-order valence-corrected chi connectivity index (χ3v) is 2.53. The van der Waals surface area contributed by atoms with Gasteiger partial charge in [0.1, 0.15) is 5.41 Å². The molecule has 0 spiro atoms. The highest BCUT2D eigenvalue weighted by atomic mass is 32.2. The van der Waals surface area contributed by atoms with Gasteiger partial charge in [-0.25, -0.2) is 0 Å². The lowest BCUT2D eigenvalue weighted by Gasteiger charge is -2.15. The van der Waals surface area contributed by atoms with Gasteiger partial charge in [-0.1, -0.05) is 11.8 Å². The van der Waals surface area contributed by atoms with E-state index in [0.29, 0.717) is 0 Å². The lowest BCUT2D eigenvalue weighted by molar-refractivity contribution is -0.149. The van der Waals surface area contributed by atoms with Gasteiger partial charge in [-0.2, -0.15) is 0 Å². The van der Waals surface area contributed by atoms with Gasteiger partial charge >= 0.3 is 5.97 Å². The van der Waals surface area contributed by atoms with Gasteiger partial charge in [0, 0.05) is 5.75 Å². The van der Waals surface area contributed by atoms with Crippen molar-refractivity contribution in [3.63, 3.8) is 0 Å². The van der Waals surface area contributed by atoms with E-state index in [1.54, 1.807) is 0 Å². The Labute approximate surface area is 75.0 Å². The summed E-state index contributed by atoms with van der Waals surface area (Å²) in [6.07, 6.45) is 0. The lowest BCUT2D eigenvalue weighted by atomic mass is 9.96. The first-order valence-corrected chi connectivity index (χ1v) is 4.43. The third kappa shape index (κ3) is 2.83. The number of aliphatic carboxylic acids is 1. The molecule has 0 aromatic carbocycles. The summed E-state index contributed by atoms with van der Waals surface area (Å²) >= 11 is 0.842. The van der Waals surface area contributed by atoms with Crippen LogP contribution < -0.4 is 0 Å². The van der Waals surface area contributed by atoms with E-state index in [0.717, 1.165) is 11.8 Å². The van der Waals surface area contributed by atoms with E-state index in [4.69, 9.17) is 10.2 Å². The SMILES string of the molecule is CC(C)(C(=O)O)C(=O)SCCO. The van der Waals surface area contributed by atoms with Gasteiger partial charge in [0.2, 0.25) is 5.12 Å². The summed E-state index contributed by atoms with van der Waals surface area (Å²) in [5.41, 5.74) is -1.36. The molecule has 0 rings (SSSR count). The second-order valence-electron chi connectivity index (χ2n) is 2.79. The molecule has 0 aromatic heterocycles. The molecule has 0 aliphatic rings. The van der Waals surface area contributed by atoms with Gasteiger partial charge in [0.05, 0.1) is 6.61 Å². The Balaban J connectivity index is 4.16. The van der Waals surface area contributed by atoms with Crippen LogP contribution in [-0.4, -0.2) is 33.7 Å². The fourth-order valence-electron chi connectivity index (χ4n) is 0.406. The largest absolute Gasteiger partial charge is 0.480 e. The molecular weight excluding hydrogens is 180 g/mol. The van der Waals surface area contributed by atoms with E-state index >= 15 is 0 Å². The van der Waals surface area contributed by atoms with Gasteiger partial charge in [0.15, 0.2) is 0 Å². The number of rotatable bonds is 4. The molecule has 0 amide bonds. The molecular formula is C7H12O4S. The molecule has 0 aliphatic carbocycles. The zero-order chi connectivity index (χ0) is 9.78. The first-order valence-electron chi connectivity index (χ1n) is 3.44. The van der Waals surface area contributed by atoms with Crippen molar-refractivity contribution < 1.29 is 19.8 Å². The van der Waals surface area contributed by atoms with Crippen LogP contribution in [0.5, 0.6) is 0 Å². The second kappa shape index (κ2) is 4.47. The number of carboxylic acid groups (broad SMARTS) is 1. The molecule has 0 fully saturated rings. The number of thioether (sulfide) groups is 1. The first kappa shape index (κ1) is 11.4. The third-order valence-electron chi connectivity index (χ3n) is 1.37. The molecule has 0 aliphatic heterocycles. The van der Waals surface area contributed by atoms with E-state index in [1.165, 1.54) is 13.8 Å². The fourth-order valence-corrected chi connectivity index (χ4v) is 1.13. The van der Waals surface area contributed by atoms with Gasteiger partial charge < -0.3 is 10.2 Å². The molecule has 5 heteroatoms. The Bertz CT molecular complexity index is 188. The maximum atomic E-state index is 11.1. The Morgan fingerprint density at radius 3 is 2.25 bits per heavy atom. The predicted octanol–water partition coefficient (Wildman–Crippen LogP) is 0.349. The van der Waals surface area contributed by atoms with Crippen molar-refractivity contribution in [2.24, 2.45) is 5.41 Å². The molecule has 0 bridgehead atoms. The number of aliphatic hydroxyl groups is 1. The Hall–Kier alpha value is -0.550. The molecule has 0 atom stereocenters. The molecule has 0 aromatic rings. The van der Waals surface area contributed by atoms with E-state index in [-0.39, 0.29) is 12.4 Å². The van der Waals surface area contributed by atoms with Crippen LogP contribution >= 0.6 is 11.8 Å². The summed E-state index contributed by atoms with van der Waals surface area (Å²) in [5.74, 6) is -0.895. The van der Waals surface area contributed by atoms with E-state index in [1.807, 2.05) is 0 Å². The van der Waals surface area contributed by atoms with Crippen molar-refractivity contribution >= 4 is 22.8 Å². The summed E-state index contributed by atoms with van der Waals surface area (Å²) < 4.78 is 0. The number of carbonyl (C=O) groups excluding carboxylic acids is 1. The molecule has 0 saturated heterocycles. The Morgan fingerprint density at radius 2 is 1.92 bits per heavy atom. The van der Waals surface area contributed by atoms with E-state index in [2.05, 4.69) is 0 Å². The quantitative estimate of drug-likeness (QED) is 0.629. The van der Waals surface area contributed by atoms with Crippen LogP contribution in [0.3, 0.4) is 0 Å². The molecule has 12 heavy (non-hydrogen) atoms. The Morgan fingerprint density at radius 1 is 1.42 bits per heavy atom. The van der Waals surface area contributed by atoms with Crippen molar-refractivity contribution in [1.82, 2.24) is 0 Å². The minimum Gasteiger partial charge on any atom is -0.480 e. The van der Waals surface area contributed by atoms with Crippen LogP contribution in [0.2, 0.25) is 0 Å². The van der Waals surface area contributed by atoms with Crippen LogP contribution in [0.25, 0.3) is 0 Å². The molecule has 4 nitrogen and oxygen atoms in total. The summed E-state index contributed by atoms with van der Waals surface area (Å²) in [5, 5.41) is 16.6. The van der Waals surface area contributed by atoms with Crippen LogP contribution in [0.4, 0.5) is 0 Å². The standard InChI is InChI=1S/C7H12O4S/c1-7(2,5(9)10)6(11)12-4-3-8/h8H,3-4H2,1-2H3,(H,9,10). The number of hydrogen-bond acceptors (Lipinski definition) is 4. The smallest absolute Gasteiger partial charge is 0.317 e. The van der Waals surface area contributed by atoms with Gasteiger partial charge in [-0.3, -0.25) is 9.59 Å². The number of aliphatic hydroxyl groups excluding tert-OH is 1. The van der Waals surface area contributed by atoms with Gasteiger partial charge in [-0.15, -0.1) is 0 Å². The van der Waals surface area contributed by atoms with Crippen LogP contribution in [0, 0.1) is 5.41 Å². The number of carboxylic acids is 1. The fraction of sp³-hybridized carbons (Fsp3) is 0.714. The van der Waals surface area contributed by atoms with Crippen LogP contribution in [0.15, 0.2) is 0 Å². The highest BCUT2D eigenvalue weighted by Gasteiger charge is 2.35. The van der Waals surface area contributed by atoms with Crippen molar-refractivity contribution in [3.8, 4) is 0 Å². The van der Waals surface area contributed by atoms with Crippen molar-refractivity contribution in [3.05, 3.63) is 0 Å². The summed E-state index contributed by atoms with van der Waals surface area (Å²) in [6, 6.07) is 0. The predicted molar refractivity (Wildman–Crippen MR) is 46.0 cm³/mol. The average molecular weight is 192 g/mol. The van der Waals surface area contributed by atoms with E-state index < -0.39 is 16.5 Å². The summed E-state index contributed by atoms with van der Waals surface area (Å²) in [7, 11) is 0. The summed E-state index contributed by atoms with van der Waals surface area (Å²) in [4.78, 5) is 21.7. The molecule has 0 saturated carbocycles. The highest BCUT2D eigenvalue weighted by molar-refractivity contribution is 8.13.